The number of nitrogens with two attached hydrogens (primary N) is 1. The molecule has 118 valence electrons. The van der Waals surface area contributed by atoms with Gasteiger partial charge in [0.05, 0.1) is 14.2 Å². The third-order valence-electron chi connectivity index (χ3n) is 2.96. The topological polar surface area (TPSA) is 73.6 Å². The van der Waals surface area contributed by atoms with Gasteiger partial charge in [0.1, 0.15) is 11.5 Å². The van der Waals surface area contributed by atoms with Crippen LogP contribution in [0.25, 0.3) is 0 Å². The van der Waals surface area contributed by atoms with Crippen molar-refractivity contribution in [3.63, 3.8) is 0 Å². The summed E-state index contributed by atoms with van der Waals surface area (Å²) in [5, 5.41) is 2.83. The molecule has 1 unspecified atom stereocenters. The van der Waals surface area contributed by atoms with Crippen LogP contribution >= 0.6 is 0 Å². The van der Waals surface area contributed by atoms with Gasteiger partial charge in [-0.2, -0.15) is 0 Å². The van der Waals surface area contributed by atoms with Crippen molar-refractivity contribution >= 4 is 11.6 Å². The standard InChI is InChI=1S/C16H26N2O3/c1-16(2,3)10-11(17)6-15(19)18-12-7-13(20-4)9-14(8-12)21-5/h7-9,11H,6,10,17H2,1-5H3,(H,18,19). The fourth-order valence-corrected chi connectivity index (χ4v) is 2.19. The molecular weight excluding hydrogens is 268 g/mol. The quantitative estimate of drug-likeness (QED) is 0.846. The summed E-state index contributed by atoms with van der Waals surface area (Å²) in [6.07, 6.45) is 1.08. The van der Waals surface area contributed by atoms with Crippen molar-refractivity contribution in [3.8, 4) is 11.5 Å². The van der Waals surface area contributed by atoms with E-state index in [0.29, 0.717) is 17.2 Å². The second kappa shape index (κ2) is 7.31. The zero-order valence-electron chi connectivity index (χ0n) is 13.5. The van der Waals surface area contributed by atoms with Crippen LogP contribution in [0.1, 0.15) is 33.6 Å². The van der Waals surface area contributed by atoms with Crippen LogP contribution in [0.2, 0.25) is 0 Å². The van der Waals surface area contributed by atoms with Crippen LogP contribution < -0.4 is 20.5 Å². The summed E-state index contributed by atoms with van der Waals surface area (Å²) < 4.78 is 10.3. The highest BCUT2D eigenvalue weighted by Crippen LogP contribution is 2.26. The van der Waals surface area contributed by atoms with E-state index >= 15 is 0 Å². The number of hydrogen-bond acceptors (Lipinski definition) is 4. The maximum Gasteiger partial charge on any atom is 0.225 e. The molecular formula is C16H26N2O3. The number of ether oxygens (including phenoxy) is 2. The molecule has 0 spiro atoms. The first-order valence-electron chi connectivity index (χ1n) is 7.02. The molecule has 0 saturated carbocycles. The Kier molecular flexibility index (Phi) is 6.03. The summed E-state index contributed by atoms with van der Waals surface area (Å²) >= 11 is 0. The molecule has 0 aliphatic carbocycles. The smallest absolute Gasteiger partial charge is 0.225 e. The summed E-state index contributed by atoms with van der Waals surface area (Å²) in [7, 11) is 3.14. The average molecular weight is 294 g/mol. The molecule has 21 heavy (non-hydrogen) atoms. The van der Waals surface area contributed by atoms with E-state index in [2.05, 4.69) is 26.1 Å². The number of nitrogens with one attached hydrogen (secondary N) is 1. The van der Waals surface area contributed by atoms with Crippen molar-refractivity contribution in [2.24, 2.45) is 11.1 Å². The second-order valence-electron chi connectivity index (χ2n) is 6.38. The van der Waals surface area contributed by atoms with Gasteiger partial charge >= 0.3 is 0 Å². The van der Waals surface area contributed by atoms with Gasteiger partial charge in [0.25, 0.3) is 0 Å². The van der Waals surface area contributed by atoms with Crippen LogP contribution in [0, 0.1) is 5.41 Å². The molecule has 5 heteroatoms. The summed E-state index contributed by atoms with van der Waals surface area (Å²) in [5.74, 6) is 1.15. The molecule has 0 aromatic heterocycles. The van der Waals surface area contributed by atoms with Crippen LogP contribution in [-0.4, -0.2) is 26.2 Å². The van der Waals surface area contributed by atoms with E-state index in [4.69, 9.17) is 15.2 Å². The maximum atomic E-state index is 12.0. The lowest BCUT2D eigenvalue weighted by atomic mass is 9.87. The summed E-state index contributed by atoms with van der Waals surface area (Å²) in [6, 6.07) is 5.09. The largest absolute Gasteiger partial charge is 0.497 e. The van der Waals surface area contributed by atoms with E-state index in [1.165, 1.54) is 0 Å². The Balaban J connectivity index is 2.66. The van der Waals surface area contributed by atoms with Gasteiger partial charge in [0.15, 0.2) is 0 Å². The molecule has 0 fully saturated rings. The van der Waals surface area contributed by atoms with E-state index in [1.807, 2.05) is 0 Å². The molecule has 0 radical (unpaired) electrons. The zero-order valence-corrected chi connectivity index (χ0v) is 13.5. The molecule has 1 aromatic carbocycles. The van der Waals surface area contributed by atoms with Gasteiger partial charge in [-0.25, -0.2) is 0 Å². The number of anilines is 1. The second-order valence-corrected chi connectivity index (χ2v) is 6.38. The van der Waals surface area contributed by atoms with Crippen LogP contribution in [0.3, 0.4) is 0 Å². The van der Waals surface area contributed by atoms with Gasteiger partial charge in [-0.05, 0) is 11.8 Å². The minimum atomic E-state index is -0.155. The Morgan fingerprint density at radius 2 is 1.71 bits per heavy atom. The van der Waals surface area contributed by atoms with Crippen molar-refractivity contribution in [1.29, 1.82) is 0 Å². The van der Waals surface area contributed by atoms with Gasteiger partial charge in [0, 0.05) is 36.3 Å². The Labute approximate surface area is 126 Å². The summed E-state index contributed by atoms with van der Waals surface area (Å²) in [5.41, 5.74) is 6.76. The summed E-state index contributed by atoms with van der Waals surface area (Å²) in [4.78, 5) is 12.0. The van der Waals surface area contributed by atoms with Crippen molar-refractivity contribution in [2.45, 2.75) is 39.7 Å². The Morgan fingerprint density at radius 1 is 1.19 bits per heavy atom. The number of carbonyl (C=O) groups excluding carboxylic acids is 1. The molecule has 5 nitrogen and oxygen atoms in total. The lowest BCUT2D eigenvalue weighted by Gasteiger charge is -2.22. The molecule has 1 amide bonds. The molecule has 3 N–H and O–H groups in total. The average Bonchev–Trinajstić information content (AvgIpc) is 2.35. The van der Waals surface area contributed by atoms with Crippen LogP contribution in [0.5, 0.6) is 11.5 Å². The van der Waals surface area contributed by atoms with Crippen molar-refractivity contribution in [3.05, 3.63) is 18.2 Å². The maximum absolute atomic E-state index is 12.0. The SMILES string of the molecule is COc1cc(NC(=O)CC(N)CC(C)(C)C)cc(OC)c1. The van der Waals surface area contributed by atoms with Crippen molar-refractivity contribution in [1.82, 2.24) is 0 Å². The number of amides is 1. The monoisotopic (exact) mass is 294 g/mol. The van der Waals surface area contributed by atoms with Crippen LogP contribution in [0.15, 0.2) is 18.2 Å². The Hall–Kier alpha value is -1.75. The van der Waals surface area contributed by atoms with E-state index < -0.39 is 0 Å². The van der Waals surface area contributed by atoms with Crippen molar-refractivity contribution in [2.75, 3.05) is 19.5 Å². The summed E-state index contributed by atoms with van der Waals surface area (Å²) in [6.45, 7) is 6.33. The first-order chi connectivity index (χ1) is 9.73. The molecule has 1 atom stereocenters. The van der Waals surface area contributed by atoms with Gasteiger partial charge in [0.2, 0.25) is 5.91 Å². The van der Waals surface area contributed by atoms with Gasteiger partial charge in [-0.1, -0.05) is 20.8 Å². The Morgan fingerprint density at radius 3 is 2.14 bits per heavy atom. The van der Waals surface area contributed by atoms with E-state index in [-0.39, 0.29) is 23.8 Å². The van der Waals surface area contributed by atoms with Crippen molar-refractivity contribution < 1.29 is 14.3 Å². The van der Waals surface area contributed by atoms with Crippen LogP contribution in [-0.2, 0) is 4.79 Å². The van der Waals surface area contributed by atoms with E-state index in [0.717, 1.165) is 6.42 Å². The number of carbonyl (C=O) groups is 1. The van der Waals surface area contributed by atoms with Gasteiger partial charge in [-0.15, -0.1) is 0 Å². The van der Waals surface area contributed by atoms with Crippen LogP contribution in [0.4, 0.5) is 5.69 Å². The molecule has 0 aliphatic rings. The number of benzene rings is 1. The normalized spacial score (nSPS) is 12.7. The lowest BCUT2D eigenvalue weighted by Crippen LogP contribution is -2.31. The fourth-order valence-electron chi connectivity index (χ4n) is 2.19. The molecule has 0 heterocycles. The van der Waals surface area contributed by atoms with Gasteiger partial charge in [-0.3, -0.25) is 4.79 Å². The highest BCUT2D eigenvalue weighted by molar-refractivity contribution is 5.91. The van der Waals surface area contributed by atoms with E-state index in [1.54, 1.807) is 32.4 Å². The molecule has 1 rings (SSSR count). The highest BCUT2D eigenvalue weighted by atomic mass is 16.5. The van der Waals surface area contributed by atoms with E-state index in [9.17, 15) is 4.79 Å². The first kappa shape index (κ1) is 17.3. The highest BCUT2D eigenvalue weighted by Gasteiger charge is 2.18. The minimum absolute atomic E-state index is 0.109. The van der Waals surface area contributed by atoms with Gasteiger partial charge < -0.3 is 20.5 Å². The molecule has 0 aliphatic heterocycles. The fraction of sp³-hybridized carbons (Fsp3) is 0.562. The predicted molar refractivity (Wildman–Crippen MR) is 84.8 cm³/mol. The number of rotatable bonds is 6. The molecule has 1 aromatic rings. The minimum Gasteiger partial charge on any atom is -0.497 e. The number of hydrogen-bond donors (Lipinski definition) is 2. The lowest BCUT2D eigenvalue weighted by molar-refractivity contribution is -0.116. The predicted octanol–water partition coefficient (Wildman–Crippen LogP) is 2.80. The zero-order chi connectivity index (χ0) is 16.0. The Bertz CT molecular complexity index is 459. The molecule has 0 bridgehead atoms. The third kappa shape index (κ3) is 6.49. The number of methoxy groups -OCH3 is 2. The molecule has 0 saturated heterocycles. The first-order valence-corrected chi connectivity index (χ1v) is 7.02. The third-order valence-corrected chi connectivity index (χ3v) is 2.96.